The lowest BCUT2D eigenvalue weighted by molar-refractivity contribution is -0.125. The fourth-order valence-electron chi connectivity index (χ4n) is 3.92. The molecule has 5 nitrogen and oxygen atoms in total. The Morgan fingerprint density at radius 2 is 1.83 bits per heavy atom. The lowest BCUT2D eigenvalue weighted by Gasteiger charge is -2.30. The number of hydrogen-bond acceptors (Lipinski definition) is 4. The van der Waals surface area contributed by atoms with Gasteiger partial charge >= 0.3 is 0 Å². The van der Waals surface area contributed by atoms with E-state index in [1.807, 2.05) is 11.8 Å². The van der Waals surface area contributed by atoms with E-state index < -0.39 is 10.0 Å². The summed E-state index contributed by atoms with van der Waals surface area (Å²) in [4.78, 5) is 12.4. The molecule has 0 atom stereocenters. The SMILES string of the molecule is O=C(NCCSC1CCCC1)C1CCN(S(=O)(=O)Cc2ccc(Cl)cc2Cl)CC1. The molecule has 1 saturated carbocycles. The van der Waals surface area contributed by atoms with Gasteiger partial charge in [-0.15, -0.1) is 0 Å². The van der Waals surface area contributed by atoms with Crippen molar-refractivity contribution in [1.82, 2.24) is 9.62 Å². The van der Waals surface area contributed by atoms with Gasteiger partial charge in [0, 0.05) is 46.6 Å². The van der Waals surface area contributed by atoms with E-state index in [1.165, 1.54) is 30.0 Å². The minimum atomic E-state index is -3.48. The van der Waals surface area contributed by atoms with Crippen molar-refractivity contribution in [3.05, 3.63) is 33.8 Å². The van der Waals surface area contributed by atoms with Crippen molar-refractivity contribution in [3.8, 4) is 0 Å². The molecule has 0 aromatic heterocycles. The zero-order valence-electron chi connectivity index (χ0n) is 16.4. The van der Waals surface area contributed by atoms with E-state index in [0.717, 1.165) is 11.0 Å². The Morgan fingerprint density at radius 3 is 2.48 bits per heavy atom. The van der Waals surface area contributed by atoms with Crippen LogP contribution >= 0.6 is 35.0 Å². The van der Waals surface area contributed by atoms with Crippen LogP contribution in [0.15, 0.2) is 18.2 Å². The van der Waals surface area contributed by atoms with Crippen LogP contribution in [0, 0.1) is 5.92 Å². The lowest BCUT2D eigenvalue weighted by atomic mass is 9.97. The molecule has 1 aliphatic carbocycles. The highest BCUT2D eigenvalue weighted by Crippen LogP contribution is 2.29. The highest BCUT2D eigenvalue weighted by molar-refractivity contribution is 7.99. The second kappa shape index (κ2) is 10.7. The Morgan fingerprint density at radius 1 is 1.14 bits per heavy atom. The molecule has 0 radical (unpaired) electrons. The Kier molecular flexibility index (Phi) is 8.57. The van der Waals surface area contributed by atoms with Crippen LogP contribution in [0.25, 0.3) is 0 Å². The molecule has 1 aromatic carbocycles. The fourth-order valence-corrected chi connectivity index (χ4v) is 7.29. The zero-order valence-corrected chi connectivity index (χ0v) is 19.6. The van der Waals surface area contributed by atoms with Gasteiger partial charge in [0.05, 0.1) is 5.75 Å². The van der Waals surface area contributed by atoms with Gasteiger partial charge in [0.15, 0.2) is 0 Å². The number of nitrogens with zero attached hydrogens (tertiary/aromatic N) is 1. The van der Waals surface area contributed by atoms with Crippen LogP contribution in [0.5, 0.6) is 0 Å². The summed E-state index contributed by atoms with van der Waals surface area (Å²) in [6.07, 6.45) is 6.36. The molecule has 1 saturated heterocycles. The number of amides is 1. The minimum absolute atomic E-state index is 0.0508. The predicted octanol–water partition coefficient (Wildman–Crippen LogP) is 4.33. The summed E-state index contributed by atoms with van der Waals surface area (Å²) in [5.41, 5.74) is 0.538. The number of halogens is 2. The van der Waals surface area contributed by atoms with Crippen LogP contribution in [-0.2, 0) is 20.6 Å². The van der Waals surface area contributed by atoms with Crippen molar-refractivity contribution in [2.45, 2.75) is 49.5 Å². The summed E-state index contributed by atoms with van der Waals surface area (Å²) in [6.45, 7) is 1.42. The molecule has 1 aromatic rings. The quantitative estimate of drug-likeness (QED) is 0.564. The van der Waals surface area contributed by atoms with E-state index in [9.17, 15) is 13.2 Å². The second-order valence-corrected chi connectivity index (χ2v) is 12.0. The number of sulfonamides is 1. The van der Waals surface area contributed by atoms with Crippen molar-refractivity contribution < 1.29 is 13.2 Å². The molecule has 1 aliphatic heterocycles. The summed E-state index contributed by atoms with van der Waals surface area (Å²) in [5, 5.41) is 4.61. The van der Waals surface area contributed by atoms with Gasteiger partial charge in [-0.2, -0.15) is 11.8 Å². The number of hydrogen-bond donors (Lipinski definition) is 1. The minimum Gasteiger partial charge on any atom is -0.355 e. The summed E-state index contributed by atoms with van der Waals surface area (Å²) in [7, 11) is -3.48. The number of nitrogens with one attached hydrogen (secondary N) is 1. The first-order valence-electron chi connectivity index (χ1n) is 10.2. The van der Waals surface area contributed by atoms with Crippen molar-refractivity contribution >= 4 is 50.9 Å². The van der Waals surface area contributed by atoms with E-state index in [0.29, 0.717) is 48.1 Å². The van der Waals surface area contributed by atoms with E-state index in [1.54, 1.807) is 18.2 Å². The lowest BCUT2D eigenvalue weighted by Crippen LogP contribution is -2.43. The fraction of sp³-hybridized carbons (Fsp3) is 0.650. The van der Waals surface area contributed by atoms with Gasteiger partial charge < -0.3 is 5.32 Å². The molecule has 2 fully saturated rings. The van der Waals surface area contributed by atoms with Gasteiger partial charge in [-0.3, -0.25) is 4.79 Å². The maximum atomic E-state index is 12.7. The van der Waals surface area contributed by atoms with Crippen molar-refractivity contribution in [2.24, 2.45) is 5.92 Å². The molecule has 1 amide bonds. The van der Waals surface area contributed by atoms with Crippen LogP contribution in [0.4, 0.5) is 0 Å². The first-order valence-corrected chi connectivity index (χ1v) is 13.6. The van der Waals surface area contributed by atoms with E-state index in [4.69, 9.17) is 23.2 Å². The molecule has 0 spiro atoms. The number of benzene rings is 1. The standard InChI is InChI=1S/C20H28Cl2N2O3S2/c21-17-6-5-16(19(22)13-17)14-29(26,27)24-10-7-15(8-11-24)20(25)23-9-12-28-18-3-1-2-4-18/h5-6,13,15,18H,1-4,7-12,14H2,(H,23,25). The molecular weight excluding hydrogens is 451 g/mol. The highest BCUT2D eigenvalue weighted by atomic mass is 35.5. The summed E-state index contributed by atoms with van der Waals surface area (Å²) in [5.74, 6) is 0.732. The molecule has 29 heavy (non-hydrogen) atoms. The molecule has 2 aliphatic rings. The Labute approximate surface area is 187 Å². The topological polar surface area (TPSA) is 66.5 Å². The van der Waals surface area contributed by atoms with Crippen LogP contribution in [-0.4, -0.2) is 49.3 Å². The Balaban J connectivity index is 1.42. The van der Waals surface area contributed by atoms with Crippen LogP contribution in [0.1, 0.15) is 44.1 Å². The van der Waals surface area contributed by atoms with E-state index >= 15 is 0 Å². The van der Waals surface area contributed by atoms with Gasteiger partial charge in [-0.05, 0) is 43.4 Å². The summed E-state index contributed by atoms with van der Waals surface area (Å²) >= 11 is 14.0. The zero-order chi connectivity index (χ0) is 20.9. The van der Waals surface area contributed by atoms with Gasteiger partial charge in [0.25, 0.3) is 0 Å². The number of rotatable bonds is 8. The van der Waals surface area contributed by atoms with Crippen molar-refractivity contribution in [3.63, 3.8) is 0 Å². The van der Waals surface area contributed by atoms with Crippen LogP contribution < -0.4 is 5.32 Å². The Bertz CT molecular complexity index is 806. The predicted molar refractivity (Wildman–Crippen MR) is 121 cm³/mol. The third-order valence-corrected chi connectivity index (χ3v) is 9.43. The first kappa shape index (κ1) is 23.2. The smallest absolute Gasteiger partial charge is 0.223 e. The molecule has 162 valence electrons. The molecule has 1 N–H and O–H groups in total. The molecule has 0 bridgehead atoms. The number of piperidine rings is 1. The van der Waals surface area contributed by atoms with E-state index in [-0.39, 0.29) is 17.6 Å². The highest BCUT2D eigenvalue weighted by Gasteiger charge is 2.31. The van der Waals surface area contributed by atoms with Crippen molar-refractivity contribution in [2.75, 3.05) is 25.4 Å². The van der Waals surface area contributed by atoms with Gasteiger partial charge in [-0.25, -0.2) is 12.7 Å². The normalized spacial score (nSPS) is 19.5. The van der Waals surface area contributed by atoms with Gasteiger partial charge in [0.2, 0.25) is 15.9 Å². The number of thioether (sulfide) groups is 1. The second-order valence-electron chi connectivity index (χ2n) is 7.73. The van der Waals surface area contributed by atoms with Crippen molar-refractivity contribution in [1.29, 1.82) is 0 Å². The van der Waals surface area contributed by atoms with Crippen LogP contribution in [0.2, 0.25) is 10.0 Å². The van der Waals surface area contributed by atoms with Gasteiger partial charge in [-0.1, -0.05) is 42.1 Å². The first-order chi connectivity index (χ1) is 13.8. The monoisotopic (exact) mass is 478 g/mol. The molecular formula is C20H28Cl2N2O3S2. The average Bonchev–Trinajstić information content (AvgIpc) is 3.21. The van der Waals surface area contributed by atoms with Crippen LogP contribution in [0.3, 0.4) is 0 Å². The molecule has 1 heterocycles. The maximum absolute atomic E-state index is 12.7. The molecule has 0 unspecified atom stereocenters. The average molecular weight is 479 g/mol. The third kappa shape index (κ3) is 6.76. The summed E-state index contributed by atoms with van der Waals surface area (Å²) in [6, 6.07) is 4.83. The molecule has 9 heteroatoms. The third-order valence-electron chi connectivity index (χ3n) is 5.63. The van der Waals surface area contributed by atoms with E-state index in [2.05, 4.69) is 5.32 Å². The molecule has 3 rings (SSSR count). The van der Waals surface area contributed by atoms with Gasteiger partial charge in [0.1, 0.15) is 0 Å². The number of carbonyl (C=O) groups excluding carboxylic acids is 1. The summed E-state index contributed by atoms with van der Waals surface area (Å²) < 4.78 is 26.9. The Hall–Kier alpha value is -0.470. The maximum Gasteiger partial charge on any atom is 0.223 e. The largest absolute Gasteiger partial charge is 0.355 e. The number of carbonyl (C=O) groups is 1.